The molecule has 3 rings (SSSR count). The molecule has 1 aliphatic heterocycles. The van der Waals surface area contributed by atoms with E-state index in [-0.39, 0.29) is 35.6 Å². The maximum Gasteiger partial charge on any atom is 0.267 e. The fourth-order valence-corrected chi connectivity index (χ4v) is 4.34. The number of nitrogens with one attached hydrogen (secondary N) is 3. The number of aryl methyl sites for hydroxylation is 2. The van der Waals surface area contributed by atoms with Crippen molar-refractivity contribution in [2.75, 3.05) is 25.0 Å². The summed E-state index contributed by atoms with van der Waals surface area (Å²) in [6, 6.07) is 1.03. The van der Waals surface area contributed by atoms with E-state index in [9.17, 15) is 14.4 Å². The molecule has 5 N–H and O–H groups in total. The minimum absolute atomic E-state index is 0.0306. The fourth-order valence-electron chi connectivity index (χ4n) is 3.82. The van der Waals surface area contributed by atoms with E-state index < -0.39 is 16.3 Å². The van der Waals surface area contributed by atoms with Gasteiger partial charge in [0.2, 0.25) is 11.8 Å². The summed E-state index contributed by atoms with van der Waals surface area (Å²) >= 11 is 12.0. The Balaban J connectivity index is 1.64. The Labute approximate surface area is 190 Å². The highest BCUT2D eigenvalue weighted by Gasteiger charge is 2.51. The van der Waals surface area contributed by atoms with E-state index in [0.717, 1.165) is 6.42 Å². The number of likely N-dealkylation sites (tertiary alicyclic amines) is 1. The average molecular weight is 469 g/mol. The second-order valence-corrected chi connectivity index (χ2v) is 9.56. The van der Waals surface area contributed by atoms with E-state index >= 15 is 0 Å². The number of rotatable bonds is 8. The molecule has 9 nitrogen and oxygen atoms in total. The van der Waals surface area contributed by atoms with Gasteiger partial charge in [0.25, 0.3) is 5.91 Å². The summed E-state index contributed by atoms with van der Waals surface area (Å²) < 4.78 is -0.765. The number of hydrogen-bond donors (Lipinski definition) is 4. The van der Waals surface area contributed by atoms with Crippen LogP contribution in [0.25, 0.3) is 0 Å². The number of carbonyl (C=O) groups is 3. The summed E-state index contributed by atoms with van der Waals surface area (Å²) in [5.41, 5.74) is 6.76. The number of nitrogens with two attached hydrogens (primary N) is 1. The third-order valence-corrected chi connectivity index (χ3v) is 6.54. The molecule has 1 aliphatic carbocycles. The van der Waals surface area contributed by atoms with Crippen molar-refractivity contribution in [1.82, 2.24) is 15.2 Å². The van der Waals surface area contributed by atoms with E-state index in [1.54, 1.807) is 24.8 Å². The Morgan fingerprint density at radius 3 is 2.65 bits per heavy atom. The van der Waals surface area contributed by atoms with Gasteiger partial charge in [-0.15, -0.1) is 23.2 Å². The van der Waals surface area contributed by atoms with E-state index in [0.29, 0.717) is 43.0 Å². The number of anilines is 1. The average Bonchev–Trinajstić information content (AvgIpc) is 3.08. The topological polar surface area (TPSA) is 141 Å². The van der Waals surface area contributed by atoms with Crippen LogP contribution in [0.3, 0.4) is 0 Å². The summed E-state index contributed by atoms with van der Waals surface area (Å²) in [6.45, 7) is 4.22. The van der Waals surface area contributed by atoms with E-state index in [1.165, 1.54) is 0 Å². The number of carbonyl (C=O) groups excluding carboxylic acids is 3. The smallest absolute Gasteiger partial charge is 0.267 e. The Hall–Kier alpha value is -2.39. The third kappa shape index (κ3) is 5.27. The summed E-state index contributed by atoms with van der Waals surface area (Å²) in [5.74, 6) is -1.32. The number of pyridine rings is 1. The van der Waals surface area contributed by atoms with E-state index in [1.807, 2.05) is 0 Å². The number of alkyl halides is 2. The van der Waals surface area contributed by atoms with Crippen molar-refractivity contribution in [1.29, 1.82) is 5.41 Å². The predicted molar refractivity (Wildman–Crippen MR) is 119 cm³/mol. The van der Waals surface area contributed by atoms with Crippen LogP contribution in [0, 0.1) is 25.2 Å². The normalized spacial score (nSPS) is 21.5. The van der Waals surface area contributed by atoms with Gasteiger partial charge in [-0.25, -0.2) is 0 Å². The minimum atomic E-state index is -0.871. The standard InChI is InChI=1S/C20H26Cl2N6O3/c1-10-6-13(16(23)18(24)30)17(11(2)27-10)25-9-15(29)28-5-3-4-14(28)19(31)26-8-12-7-20(12,21)22/h6,12,14,23,25H,3-5,7-9H2,1-2H3,(H2,24,30)(H,26,31)/t12-,14+/m1/s1. The summed E-state index contributed by atoms with van der Waals surface area (Å²) in [6.07, 6.45) is 1.95. The monoisotopic (exact) mass is 468 g/mol. The first-order chi connectivity index (χ1) is 14.5. The quantitative estimate of drug-likeness (QED) is 0.335. The SMILES string of the molecule is Cc1cc(C(=N)C(N)=O)c(NCC(=O)N2CCC[C@H]2C(=O)NC[C@H]2CC2(Cl)Cl)c(C)n1. The van der Waals surface area contributed by atoms with Gasteiger partial charge in [0.15, 0.2) is 0 Å². The third-order valence-electron chi connectivity index (χ3n) is 5.61. The highest BCUT2D eigenvalue weighted by molar-refractivity contribution is 6.50. The molecule has 2 atom stereocenters. The van der Waals surface area contributed by atoms with E-state index in [2.05, 4.69) is 15.6 Å². The Kier molecular flexibility index (Phi) is 6.76. The lowest BCUT2D eigenvalue weighted by Gasteiger charge is -2.25. The van der Waals surface area contributed by atoms with Crippen LogP contribution in [0.15, 0.2) is 6.07 Å². The van der Waals surface area contributed by atoms with Crippen molar-refractivity contribution in [3.63, 3.8) is 0 Å². The van der Waals surface area contributed by atoms with Crippen molar-refractivity contribution in [3.05, 3.63) is 23.0 Å². The largest absolute Gasteiger partial charge is 0.374 e. The van der Waals surface area contributed by atoms with Gasteiger partial charge < -0.3 is 21.3 Å². The second-order valence-electron chi connectivity index (χ2n) is 8.02. The summed E-state index contributed by atoms with van der Waals surface area (Å²) in [4.78, 5) is 42.8. The molecular formula is C20H26Cl2N6O3. The number of amides is 3. The molecule has 168 valence electrons. The number of hydrogen-bond acceptors (Lipinski definition) is 6. The molecule has 2 heterocycles. The van der Waals surface area contributed by atoms with Gasteiger partial charge in [-0.1, -0.05) is 0 Å². The van der Waals surface area contributed by atoms with Gasteiger partial charge in [0.05, 0.1) is 17.9 Å². The first-order valence-electron chi connectivity index (χ1n) is 10.1. The van der Waals surface area contributed by atoms with E-state index in [4.69, 9.17) is 34.3 Å². The Bertz CT molecular complexity index is 936. The van der Waals surface area contributed by atoms with Crippen LogP contribution < -0.4 is 16.4 Å². The van der Waals surface area contributed by atoms with Crippen LogP contribution in [0.2, 0.25) is 0 Å². The van der Waals surface area contributed by atoms with Crippen LogP contribution in [0.4, 0.5) is 5.69 Å². The second kappa shape index (κ2) is 9.00. The lowest BCUT2D eigenvalue weighted by atomic mass is 10.1. The first kappa shape index (κ1) is 23.3. The molecule has 0 aromatic carbocycles. The van der Waals surface area contributed by atoms with Crippen LogP contribution in [-0.4, -0.2) is 63.3 Å². The van der Waals surface area contributed by atoms with Gasteiger partial charge in [0.1, 0.15) is 16.1 Å². The zero-order valence-corrected chi connectivity index (χ0v) is 18.9. The summed E-state index contributed by atoms with van der Waals surface area (Å²) in [7, 11) is 0. The molecule has 11 heteroatoms. The number of nitrogens with zero attached hydrogens (tertiary/aromatic N) is 2. The zero-order valence-electron chi connectivity index (χ0n) is 17.4. The van der Waals surface area contributed by atoms with Crippen molar-refractivity contribution in [3.8, 4) is 0 Å². The molecule has 0 radical (unpaired) electrons. The number of halogens is 2. The summed E-state index contributed by atoms with van der Waals surface area (Å²) in [5, 5.41) is 13.8. The Morgan fingerprint density at radius 1 is 1.35 bits per heavy atom. The zero-order chi connectivity index (χ0) is 22.9. The molecule has 1 aromatic rings. The molecule has 1 saturated carbocycles. The minimum Gasteiger partial charge on any atom is -0.374 e. The molecular weight excluding hydrogens is 443 g/mol. The molecule has 1 saturated heterocycles. The molecule has 3 amide bonds. The lowest BCUT2D eigenvalue weighted by molar-refractivity contribution is -0.137. The molecule has 0 unspecified atom stereocenters. The predicted octanol–water partition coefficient (Wildman–Crippen LogP) is 1.26. The van der Waals surface area contributed by atoms with Crippen LogP contribution in [0.5, 0.6) is 0 Å². The van der Waals surface area contributed by atoms with Gasteiger partial charge in [-0.05, 0) is 39.2 Å². The molecule has 2 fully saturated rings. The van der Waals surface area contributed by atoms with Gasteiger partial charge in [0, 0.05) is 30.3 Å². The van der Waals surface area contributed by atoms with Crippen LogP contribution >= 0.6 is 23.2 Å². The highest BCUT2D eigenvalue weighted by Crippen LogP contribution is 2.52. The maximum absolute atomic E-state index is 12.9. The molecule has 0 spiro atoms. The highest BCUT2D eigenvalue weighted by atomic mass is 35.5. The molecule has 1 aromatic heterocycles. The fraction of sp³-hybridized carbons (Fsp3) is 0.550. The van der Waals surface area contributed by atoms with Crippen molar-refractivity contribution < 1.29 is 14.4 Å². The first-order valence-corrected chi connectivity index (χ1v) is 10.8. The lowest BCUT2D eigenvalue weighted by Crippen LogP contribution is -2.48. The van der Waals surface area contributed by atoms with Crippen LogP contribution in [0.1, 0.15) is 36.2 Å². The van der Waals surface area contributed by atoms with Gasteiger partial charge in [-0.2, -0.15) is 0 Å². The van der Waals surface area contributed by atoms with Crippen molar-refractivity contribution >= 4 is 52.3 Å². The van der Waals surface area contributed by atoms with Crippen molar-refractivity contribution in [2.24, 2.45) is 11.7 Å². The van der Waals surface area contributed by atoms with Crippen LogP contribution in [-0.2, 0) is 14.4 Å². The van der Waals surface area contributed by atoms with Crippen molar-refractivity contribution in [2.45, 2.75) is 43.5 Å². The molecule has 2 aliphatic rings. The molecule has 31 heavy (non-hydrogen) atoms. The maximum atomic E-state index is 12.9. The number of primary amides is 1. The van der Waals surface area contributed by atoms with Gasteiger partial charge >= 0.3 is 0 Å². The number of aromatic nitrogens is 1. The van der Waals surface area contributed by atoms with Gasteiger partial charge in [-0.3, -0.25) is 24.8 Å². The Morgan fingerprint density at radius 2 is 2.03 bits per heavy atom. The molecule has 0 bridgehead atoms.